The number of amides is 5. The highest BCUT2D eigenvalue weighted by Crippen LogP contribution is 2.30. The molecule has 3 N–H and O–H groups in total. The number of rotatable bonds is 11. The normalized spacial score (nSPS) is 16.7. The fraction of sp³-hybridized carbons (Fsp3) is 0.303. The average Bonchev–Trinajstić information content (AvgIpc) is 3.33. The number of para-hydroxylation sites is 1. The summed E-state index contributed by atoms with van der Waals surface area (Å²) in [5, 5.41) is 7.99. The van der Waals surface area contributed by atoms with Crippen LogP contribution in [-0.4, -0.2) is 46.5 Å². The Kier molecular flexibility index (Phi) is 9.14. The Morgan fingerprint density at radius 2 is 1.72 bits per heavy atom. The van der Waals surface area contributed by atoms with Gasteiger partial charge in [-0.05, 0) is 72.7 Å². The van der Waals surface area contributed by atoms with E-state index in [0.29, 0.717) is 50.1 Å². The van der Waals surface area contributed by atoms with Crippen LogP contribution in [0.5, 0.6) is 11.5 Å². The Labute approximate surface area is 249 Å². The molecule has 3 aromatic rings. The van der Waals surface area contributed by atoms with Crippen molar-refractivity contribution in [3.05, 3.63) is 95.1 Å². The number of imide groups is 1. The van der Waals surface area contributed by atoms with Gasteiger partial charge >= 0.3 is 0 Å². The lowest BCUT2D eigenvalue weighted by Crippen LogP contribution is -2.52. The molecule has 222 valence electrons. The highest BCUT2D eigenvalue weighted by Gasteiger charge is 2.39. The van der Waals surface area contributed by atoms with Crippen LogP contribution >= 0.6 is 0 Å². The molecule has 5 amide bonds. The number of carbonyl (C=O) groups excluding carboxylic acids is 5. The van der Waals surface area contributed by atoms with Crippen molar-refractivity contribution in [2.75, 3.05) is 0 Å². The first-order valence-corrected chi connectivity index (χ1v) is 14.4. The molecule has 10 heteroatoms. The third kappa shape index (κ3) is 7.27. The summed E-state index contributed by atoms with van der Waals surface area (Å²) in [6, 6.07) is 21.0. The summed E-state index contributed by atoms with van der Waals surface area (Å²) >= 11 is 0. The third-order valence-electron chi connectivity index (χ3n) is 7.68. The van der Waals surface area contributed by atoms with E-state index in [1.54, 1.807) is 6.07 Å². The van der Waals surface area contributed by atoms with Crippen LogP contribution in [-0.2, 0) is 38.7 Å². The smallest absolute Gasteiger partial charge is 0.255 e. The average molecular weight is 583 g/mol. The number of carbonyl (C=O) groups is 5. The Hall–Kier alpha value is -4.99. The van der Waals surface area contributed by atoms with E-state index in [4.69, 9.17) is 4.74 Å². The maximum Gasteiger partial charge on any atom is 0.255 e. The molecule has 0 radical (unpaired) electrons. The van der Waals surface area contributed by atoms with Crippen molar-refractivity contribution in [1.82, 2.24) is 20.9 Å². The SMILES string of the molecule is CC(=O)N[C@@H](CCCc1cccc2c1CN(C1CCC(=O)NC1=O)C2=O)C(=O)NCc1ccc(Oc2ccccc2)cc1. The van der Waals surface area contributed by atoms with Crippen molar-refractivity contribution < 1.29 is 28.7 Å². The molecule has 1 saturated heterocycles. The molecule has 2 aliphatic rings. The molecule has 2 atom stereocenters. The Balaban J connectivity index is 1.15. The molecule has 10 nitrogen and oxygen atoms in total. The van der Waals surface area contributed by atoms with Crippen LogP contribution in [0.3, 0.4) is 0 Å². The minimum Gasteiger partial charge on any atom is -0.457 e. The highest BCUT2D eigenvalue weighted by molar-refractivity contribution is 6.05. The Morgan fingerprint density at radius 1 is 0.977 bits per heavy atom. The molecule has 2 heterocycles. The van der Waals surface area contributed by atoms with Crippen molar-refractivity contribution in [3.63, 3.8) is 0 Å². The summed E-state index contributed by atoms with van der Waals surface area (Å²) in [4.78, 5) is 63.5. The molecular formula is C33H34N4O6. The first-order valence-electron chi connectivity index (χ1n) is 14.4. The topological polar surface area (TPSA) is 134 Å². The number of nitrogens with one attached hydrogen (secondary N) is 3. The number of hydrogen-bond acceptors (Lipinski definition) is 6. The second-order valence-corrected chi connectivity index (χ2v) is 10.8. The molecule has 0 aliphatic carbocycles. The third-order valence-corrected chi connectivity index (χ3v) is 7.68. The summed E-state index contributed by atoms with van der Waals surface area (Å²) in [5.74, 6) is -0.144. The number of benzene rings is 3. The number of fused-ring (bicyclic) bond motifs is 1. The lowest BCUT2D eigenvalue weighted by molar-refractivity contribution is -0.137. The molecule has 43 heavy (non-hydrogen) atoms. The quantitative estimate of drug-likeness (QED) is 0.297. The Bertz CT molecular complexity index is 1520. The summed E-state index contributed by atoms with van der Waals surface area (Å²) in [6.45, 7) is 1.97. The van der Waals surface area contributed by atoms with Gasteiger partial charge < -0.3 is 20.3 Å². The van der Waals surface area contributed by atoms with Crippen LogP contribution < -0.4 is 20.7 Å². The van der Waals surface area contributed by atoms with Crippen LogP contribution in [0.25, 0.3) is 0 Å². The van der Waals surface area contributed by atoms with Gasteiger partial charge in [0.1, 0.15) is 23.6 Å². The van der Waals surface area contributed by atoms with E-state index >= 15 is 0 Å². The molecule has 0 aromatic heterocycles. The van der Waals surface area contributed by atoms with Gasteiger partial charge in [-0.1, -0.05) is 42.5 Å². The van der Waals surface area contributed by atoms with Crippen molar-refractivity contribution in [2.24, 2.45) is 0 Å². The van der Waals surface area contributed by atoms with Crippen LogP contribution in [0.4, 0.5) is 0 Å². The number of aryl methyl sites for hydroxylation is 1. The highest BCUT2D eigenvalue weighted by atomic mass is 16.5. The van der Waals surface area contributed by atoms with Gasteiger partial charge in [0, 0.05) is 32.0 Å². The first kappa shape index (κ1) is 29.5. The van der Waals surface area contributed by atoms with E-state index in [-0.39, 0.29) is 30.0 Å². The molecule has 1 unspecified atom stereocenters. The summed E-state index contributed by atoms with van der Waals surface area (Å²) in [6.07, 6.45) is 2.09. The molecule has 5 rings (SSSR count). The predicted octanol–water partition coefficient (Wildman–Crippen LogP) is 3.38. The van der Waals surface area contributed by atoms with Gasteiger partial charge in [0.2, 0.25) is 23.6 Å². The lowest BCUT2D eigenvalue weighted by atomic mass is 9.97. The largest absolute Gasteiger partial charge is 0.457 e. The van der Waals surface area contributed by atoms with E-state index in [9.17, 15) is 24.0 Å². The fourth-order valence-corrected chi connectivity index (χ4v) is 5.51. The first-order chi connectivity index (χ1) is 20.8. The number of hydrogen-bond donors (Lipinski definition) is 3. The van der Waals surface area contributed by atoms with Gasteiger partial charge in [-0.3, -0.25) is 29.3 Å². The summed E-state index contributed by atoms with van der Waals surface area (Å²) < 4.78 is 5.81. The van der Waals surface area contributed by atoms with Crippen molar-refractivity contribution in [2.45, 2.75) is 64.2 Å². The van der Waals surface area contributed by atoms with Crippen LogP contribution in [0, 0.1) is 0 Å². The van der Waals surface area contributed by atoms with E-state index in [2.05, 4.69) is 16.0 Å². The molecule has 0 saturated carbocycles. The van der Waals surface area contributed by atoms with Crippen LogP contribution in [0.1, 0.15) is 59.7 Å². The monoisotopic (exact) mass is 582 g/mol. The van der Waals surface area contributed by atoms with Gasteiger partial charge in [-0.25, -0.2) is 0 Å². The maximum absolute atomic E-state index is 13.1. The molecule has 0 spiro atoms. The zero-order chi connectivity index (χ0) is 30.3. The number of nitrogens with zero attached hydrogens (tertiary/aromatic N) is 1. The number of ether oxygens (including phenoxy) is 1. The van der Waals surface area contributed by atoms with Crippen molar-refractivity contribution in [3.8, 4) is 11.5 Å². The molecule has 3 aromatic carbocycles. The van der Waals surface area contributed by atoms with Gasteiger partial charge in [0.25, 0.3) is 5.91 Å². The van der Waals surface area contributed by atoms with Crippen LogP contribution in [0.2, 0.25) is 0 Å². The van der Waals surface area contributed by atoms with Gasteiger partial charge in [0.15, 0.2) is 0 Å². The summed E-state index contributed by atoms with van der Waals surface area (Å²) in [5.41, 5.74) is 3.26. The minimum absolute atomic E-state index is 0.198. The predicted molar refractivity (Wildman–Crippen MR) is 158 cm³/mol. The van der Waals surface area contributed by atoms with Gasteiger partial charge in [-0.2, -0.15) is 0 Å². The lowest BCUT2D eigenvalue weighted by Gasteiger charge is -2.29. The molecular weight excluding hydrogens is 548 g/mol. The van der Waals surface area contributed by atoms with Crippen molar-refractivity contribution >= 4 is 29.5 Å². The van der Waals surface area contributed by atoms with E-state index in [0.717, 1.165) is 22.4 Å². The van der Waals surface area contributed by atoms with E-state index < -0.39 is 18.0 Å². The van der Waals surface area contributed by atoms with E-state index in [1.807, 2.05) is 66.7 Å². The molecule has 1 fully saturated rings. The Morgan fingerprint density at radius 3 is 2.44 bits per heavy atom. The minimum atomic E-state index is -0.712. The second-order valence-electron chi connectivity index (χ2n) is 10.8. The zero-order valence-electron chi connectivity index (χ0n) is 23.9. The van der Waals surface area contributed by atoms with Gasteiger partial charge in [0.05, 0.1) is 0 Å². The molecule has 2 aliphatic heterocycles. The fourth-order valence-electron chi connectivity index (χ4n) is 5.51. The van der Waals surface area contributed by atoms with Gasteiger partial charge in [-0.15, -0.1) is 0 Å². The summed E-state index contributed by atoms with van der Waals surface area (Å²) in [7, 11) is 0. The molecule has 0 bridgehead atoms. The number of piperidine rings is 1. The maximum atomic E-state index is 13.1. The van der Waals surface area contributed by atoms with E-state index in [1.165, 1.54) is 11.8 Å². The van der Waals surface area contributed by atoms with Crippen molar-refractivity contribution in [1.29, 1.82) is 0 Å². The zero-order valence-corrected chi connectivity index (χ0v) is 23.9. The second kappa shape index (κ2) is 13.3. The standard InChI is InChI=1S/C33H34N4O6/c1-21(38)35-28(31(40)34-19-22-13-15-25(16-14-22)43-24-9-3-2-4-10-24)12-6-8-23-7-5-11-26-27(23)20-37(33(26)42)29-17-18-30(39)36-32(29)41/h2-5,7,9-11,13-16,28-29H,6,8,12,17-20H2,1H3,(H,34,40)(H,35,38)(H,36,39,41)/t28-,29?/m0/s1. The van der Waals surface area contributed by atoms with Crippen LogP contribution in [0.15, 0.2) is 72.8 Å².